The summed E-state index contributed by atoms with van der Waals surface area (Å²) in [4.78, 5) is 4.43. The highest BCUT2D eigenvalue weighted by Crippen LogP contribution is 2.34. The van der Waals surface area contributed by atoms with Gasteiger partial charge in [0.1, 0.15) is 5.82 Å². The zero-order chi connectivity index (χ0) is 12.1. The maximum absolute atomic E-state index is 4.43. The number of nitrogens with one attached hydrogen (secondary N) is 1. The molecule has 0 spiro atoms. The van der Waals surface area contributed by atoms with Crippen LogP contribution in [0.4, 0.5) is 0 Å². The van der Waals surface area contributed by atoms with E-state index in [-0.39, 0.29) is 0 Å². The van der Waals surface area contributed by atoms with Crippen LogP contribution in [0.3, 0.4) is 0 Å². The van der Waals surface area contributed by atoms with E-state index in [4.69, 9.17) is 0 Å². The predicted octanol–water partition coefficient (Wildman–Crippen LogP) is 2.61. The molecular weight excluding hydrogens is 210 g/mol. The summed E-state index contributed by atoms with van der Waals surface area (Å²) >= 11 is 0. The quantitative estimate of drug-likeness (QED) is 0.750. The molecule has 17 heavy (non-hydrogen) atoms. The summed E-state index contributed by atoms with van der Waals surface area (Å²) in [6, 6.07) is 0.755. The van der Waals surface area contributed by atoms with Crippen LogP contribution >= 0.6 is 0 Å². The number of hydrogen-bond acceptors (Lipinski definition) is 2. The Morgan fingerprint density at radius 3 is 2.94 bits per heavy atom. The van der Waals surface area contributed by atoms with Crippen molar-refractivity contribution in [3.8, 4) is 0 Å². The van der Waals surface area contributed by atoms with E-state index in [1.54, 1.807) is 0 Å². The number of nitrogens with zero attached hydrogens (tertiary/aromatic N) is 2. The molecule has 1 aliphatic carbocycles. The van der Waals surface area contributed by atoms with Gasteiger partial charge in [0.2, 0.25) is 0 Å². The van der Waals surface area contributed by atoms with Crippen molar-refractivity contribution in [3.63, 3.8) is 0 Å². The van der Waals surface area contributed by atoms with Crippen molar-refractivity contribution in [1.82, 2.24) is 14.9 Å². The average Bonchev–Trinajstić information content (AvgIpc) is 3.08. The fourth-order valence-corrected chi connectivity index (χ4v) is 2.60. The van der Waals surface area contributed by atoms with Crippen molar-refractivity contribution in [1.29, 1.82) is 0 Å². The highest BCUT2D eigenvalue weighted by Gasteiger charge is 2.29. The van der Waals surface area contributed by atoms with Crippen molar-refractivity contribution in [2.24, 2.45) is 5.92 Å². The Kier molecular flexibility index (Phi) is 4.60. The summed E-state index contributed by atoms with van der Waals surface area (Å²) in [7, 11) is 0. The molecule has 3 nitrogen and oxygen atoms in total. The van der Waals surface area contributed by atoms with Gasteiger partial charge in [-0.3, -0.25) is 0 Å². The van der Waals surface area contributed by atoms with Crippen molar-refractivity contribution in [3.05, 3.63) is 18.2 Å². The molecule has 2 rings (SSSR count). The van der Waals surface area contributed by atoms with Crippen molar-refractivity contribution in [2.75, 3.05) is 6.54 Å². The van der Waals surface area contributed by atoms with Gasteiger partial charge in [-0.25, -0.2) is 4.98 Å². The van der Waals surface area contributed by atoms with E-state index in [1.807, 2.05) is 6.20 Å². The molecule has 0 aliphatic heterocycles. The standard InChI is InChI=1S/C14H25N3/c1-3-15-13(12-8-9-12)6-5-7-14-16-10-11-17(14)4-2/h10-13,15H,3-9H2,1-2H3. The van der Waals surface area contributed by atoms with Gasteiger partial charge in [0, 0.05) is 31.4 Å². The van der Waals surface area contributed by atoms with Gasteiger partial charge in [0.25, 0.3) is 0 Å². The first-order valence-corrected chi connectivity index (χ1v) is 7.08. The van der Waals surface area contributed by atoms with Crippen LogP contribution in [-0.2, 0) is 13.0 Å². The summed E-state index contributed by atoms with van der Waals surface area (Å²) in [5.41, 5.74) is 0. The number of aromatic nitrogens is 2. The second kappa shape index (κ2) is 6.20. The average molecular weight is 235 g/mol. The van der Waals surface area contributed by atoms with Crippen LogP contribution in [0.1, 0.15) is 45.4 Å². The normalized spacial score (nSPS) is 17.3. The van der Waals surface area contributed by atoms with Gasteiger partial charge in [0.15, 0.2) is 0 Å². The molecule has 1 aromatic heterocycles. The molecule has 1 heterocycles. The lowest BCUT2D eigenvalue weighted by atomic mass is 10.0. The maximum atomic E-state index is 4.43. The monoisotopic (exact) mass is 235 g/mol. The smallest absolute Gasteiger partial charge is 0.108 e. The molecule has 1 atom stereocenters. The van der Waals surface area contributed by atoms with E-state index < -0.39 is 0 Å². The number of hydrogen-bond donors (Lipinski definition) is 1. The molecule has 1 N–H and O–H groups in total. The van der Waals surface area contributed by atoms with Gasteiger partial charge in [-0.05, 0) is 45.1 Å². The lowest BCUT2D eigenvalue weighted by molar-refractivity contribution is 0.431. The second-order valence-electron chi connectivity index (χ2n) is 5.02. The van der Waals surface area contributed by atoms with Crippen LogP contribution in [0.15, 0.2) is 12.4 Å². The van der Waals surface area contributed by atoms with E-state index in [0.29, 0.717) is 0 Å². The molecule has 1 aliphatic rings. The molecule has 1 fully saturated rings. The first-order chi connectivity index (χ1) is 8.35. The summed E-state index contributed by atoms with van der Waals surface area (Å²) in [6.45, 7) is 6.52. The third kappa shape index (κ3) is 3.56. The Hall–Kier alpha value is -0.830. The Morgan fingerprint density at radius 1 is 1.47 bits per heavy atom. The zero-order valence-electron chi connectivity index (χ0n) is 11.2. The summed E-state index contributed by atoms with van der Waals surface area (Å²) in [6.07, 6.45) is 10.5. The van der Waals surface area contributed by atoms with Crippen LogP contribution in [0.5, 0.6) is 0 Å². The minimum absolute atomic E-state index is 0.755. The van der Waals surface area contributed by atoms with E-state index in [2.05, 4.69) is 34.9 Å². The SMILES string of the molecule is CCNC(CCCc1nccn1CC)C1CC1. The fraction of sp³-hybridized carbons (Fsp3) is 0.786. The lowest BCUT2D eigenvalue weighted by Crippen LogP contribution is -2.30. The highest BCUT2D eigenvalue weighted by atomic mass is 15.0. The molecule has 0 saturated heterocycles. The predicted molar refractivity (Wildman–Crippen MR) is 71.0 cm³/mol. The Labute approximate surface area is 105 Å². The maximum Gasteiger partial charge on any atom is 0.108 e. The minimum atomic E-state index is 0.755. The first-order valence-electron chi connectivity index (χ1n) is 7.08. The van der Waals surface area contributed by atoms with Crippen LogP contribution in [0.2, 0.25) is 0 Å². The van der Waals surface area contributed by atoms with E-state index in [9.17, 15) is 0 Å². The number of aryl methyl sites for hydroxylation is 2. The molecule has 1 saturated carbocycles. The second-order valence-corrected chi connectivity index (χ2v) is 5.02. The van der Waals surface area contributed by atoms with E-state index in [1.165, 1.54) is 31.5 Å². The fourth-order valence-electron chi connectivity index (χ4n) is 2.60. The lowest BCUT2D eigenvalue weighted by Gasteiger charge is -2.16. The first kappa shape index (κ1) is 12.6. The van der Waals surface area contributed by atoms with Crippen LogP contribution in [0.25, 0.3) is 0 Å². The topological polar surface area (TPSA) is 29.9 Å². The summed E-state index contributed by atoms with van der Waals surface area (Å²) in [5, 5.41) is 3.63. The molecule has 0 amide bonds. The molecule has 1 unspecified atom stereocenters. The van der Waals surface area contributed by atoms with E-state index >= 15 is 0 Å². The molecule has 3 heteroatoms. The van der Waals surface area contributed by atoms with Gasteiger partial charge >= 0.3 is 0 Å². The Bertz CT molecular complexity index is 328. The molecule has 1 aromatic rings. The molecule has 0 aromatic carbocycles. The van der Waals surface area contributed by atoms with Gasteiger partial charge in [0.05, 0.1) is 0 Å². The molecule has 0 bridgehead atoms. The molecule has 0 radical (unpaired) electrons. The Morgan fingerprint density at radius 2 is 2.29 bits per heavy atom. The molecule has 96 valence electrons. The van der Waals surface area contributed by atoms with Gasteiger partial charge < -0.3 is 9.88 Å². The largest absolute Gasteiger partial charge is 0.335 e. The molecular formula is C14H25N3. The van der Waals surface area contributed by atoms with Crippen molar-refractivity contribution in [2.45, 2.75) is 58.5 Å². The number of imidazole rings is 1. The third-order valence-corrected chi connectivity index (χ3v) is 3.72. The summed E-state index contributed by atoms with van der Waals surface area (Å²) in [5.74, 6) is 2.21. The Balaban J connectivity index is 1.74. The number of rotatable bonds is 8. The van der Waals surface area contributed by atoms with Crippen LogP contribution in [-0.4, -0.2) is 22.1 Å². The van der Waals surface area contributed by atoms with Gasteiger partial charge in [-0.2, -0.15) is 0 Å². The zero-order valence-corrected chi connectivity index (χ0v) is 11.2. The van der Waals surface area contributed by atoms with E-state index in [0.717, 1.165) is 31.5 Å². The highest BCUT2D eigenvalue weighted by molar-refractivity contribution is 4.93. The minimum Gasteiger partial charge on any atom is -0.335 e. The van der Waals surface area contributed by atoms with Crippen LogP contribution < -0.4 is 5.32 Å². The van der Waals surface area contributed by atoms with Gasteiger partial charge in [-0.15, -0.1) is 0 Å². The van der Waals surface area contributed by atoms with Crippen molar-refractivity contribution >= 4 is 0 Å². The van der Waals surface area contributed by atoms with Crippen LogP contribution in [0, 0.1) is 5.92 Å². The van der Waals surface area contributed by atoms with Gasteiger partial charge in [-0.1, -0.05) is 6.92 Å². The third-order valence-electron chi connectivity index (χ3n) is 3.72. The van der Waals surface area contributed by atoms with Crippen molar-refractivity contribution < 1.29 is 0 Å². The summed E-state index contributed by atoms with van der Waals surface area (Å²) < 4.78 is 2.25.